The molecule has 3 heterocycles. The number of piperidine rings is 1. The summed E-state index contributed by atoms with van der Waals surface area (Å²) in [5.74, 6) is 0.280. The number of thiazole rings is 1. The molecule has 0 radical (unpaired) electrons. The summed E-state index contributed by atoms with van der Waals surface area (Å²) in [6.45, 7) is 6.51. The Morgan fingerprint density at radius 3 is 2.62 bits per heavy atom. The maximum Gasteiger partial charge on any atom is 0.243 e. The lowest BCUT2D eigenvalue weighted by Gasteiger charge is -2.30. The van der Waals surface area contributed by atoms with E-state index in [9.17, 15) is 18.0 Å². The summed E-state index contributed by atoms with van der Waals surface area (Å²) >= 11 is 1.39. The summed E-state index contributed by atoms with van der Waals surface area (Å²) in [4.78, 5) is 31.3. The number of sulfonamides is 1. The first-order valence-electron chi connectivity index (χ1n) is 12.4. The van der Waals surface area contributed by atoms with E-state index in [1.165, 1.54) is 22.6 Å². The smallest absolute Gasteiger partial charge is 0.243 e. The highest BCUT2D eigenvalue weighted by Gasteiger charge is 2.35. The Morgan fingerprint density at radius 2 is 1.92 bits per heavy atom. The van der Waals surface area contributed by atoms with Crippen LogP contribution in [0.2, 0.25) is 0 Å². The van der Waals surface area contributed by atoms with Crippen LogP contribution in [-0.2, 0) is 26.0 Å². The number of benzene rings is 2. The normalized spacial score (nSPS) is 18.7. The zero-order chi connectivity index (χ0) is 26.3. The van der Waals surface area contributed by atoms with Gasteiger partial charge >= 0.3 is 0 Å². The molecule has 0 bridgehead atoms. The van der Waals surface area contributed by atoms with Crippen molar-refractivity contribution in [3.05, 3.63) is 42.0 Å². The van der Waals surface area contributed by atoms with E-state index in [0.29, 0.717) is 31.0 Å². The molecule has 1 N–H and O–H groups in total. The number of hydrogen-bond donors (Lipinski definition) is 1. The summed E-state index contributed by atoms with van der Waals surface area (Å²) in [5, 5.41) is 3.43. The molecule has 196 valence electrons. The van der Waals surface area contributed by atoms with E-state index < -0.39 is 10.0 Å². The Hall–Kier alpha value is -3.02. The lowest BCUT2D eigenvalue weighted by atomic mass is 9.97. The van der Waals surface area contributed by atoms with Gasteiger partial charge in [-0.1, -0.05) is 11.3 Å². The minimum absolute atomic E-state index is 0.00173. The van der Waals surface area contributed by atoms with Gasteiger partial charge in [-0.3, -0.25) is 9.59 Å². The van der Waals surface area contributed by atoms with Crippen molar-refractivity contribution in [2.75, 3.05) is 29.9 Å². The number of nitrogens with one attached hydrogen (secondary N) is 1. The molecule has 2 aromatic carbocycles. The number of nitrogens with zero attached hydrogens (tertiary/aromatic N) is 3. The average Bonchev–Trinajstić information content (AvgIpc) is 3.42. The zero-order valence-corrected chi connectivity index (χ0v) is 22.7. The summed E-state index contributed by atoms with van der Waals surface area (Å²) in [7, 11) is -3.70. The molecule has 5 rings (SSSR count). The van der Waals surface area contributed by atoms with Crippen molar-refractivity contribution in [1.82, 2.24) is 9.29 Å². The molecule has 0 unspecified atom stereocenters. The third-order valence-corrected chi connectivity index (χ3v) is 9.80. The summed E-state index contributed by atoms with van der Waals surface area (Å²) < 4.78 is 34.6. The van der Waals surface area contributed by atoms with Gasteiger partial charge in [0.1, 0.15) is 5.75 Å². The predicted molar refractivity (Wildman–Crippen MR) is 144 cm³/mol. The van der Waals surface area contributed by atoms with Crippen molar-refractivity contribution in [2.45, 2.75) is 51.0 Å². The van der Waals surface area contributed by atoms with Crippen molar-refractivity contribution < 1.29 is 22.7 Å². The Balaban J connectivity index is 1.22. The fraction of sp³-hybridized carbons (Fsp3) is 0.423. The molecule has 37 heavy (non-hydrogen) atoms. The van der Waals surface area contributed by atoms with Gasteiger partial charge in [-0.15, -0.1) is 0 Å². The monoisotopic (exact) mass is 542 g/mol. The van der Waals surface area contributed by atoms with Gasteiger partial charge in [0.15, 0.2) is 5.13 Å². The maximum atomic E-state index is 13.4. The Bertz CT molecular complexity index is 1460. The second-order valence-electron chi connectivity index (χ2n) is 9.48. The minimum atomic E-state index is -3.70. The number of hydrogen-bond acceptors (Lipinski definition) is 7. The number of aromatic nitrogens is 1. The molecular formula is C26H30N4O5S2. The van der Waals surface area contributed by atoms with Gasteiger partial charge in [-0.25, -0.2) is 13.4 Å². The molecule has 1 saturated heterocycles. The second-order valence-corrected chi connectivity index (χ2v) is 12.5. The third-order valence-electron chi connectivity index (χ3n) is 6.97. The number of carbonyl (C=O) groups excluding carboxylic acids is 2. The molecule has 0 saturated carbocycles. The highest BCUT2D eigenvalue weighted by Crippen LogP contribution is 2.35. The van der Waals surface area contributed by atoms with Crippen molar-refractivity contribution in [3.8, 4) is 5.75 Å². The lowest BCUT2D eigenvalue weighted by molar-refractivity contribution is -0.121. The van der Waals surface area contributed by atoms with Crippen LogP contribution in [0.5, 0.6) is 5.75 Å². The number of carbonyl (C=O) groups is 2. The van der Waals surface area contributed by atoms with Gasteiger partial charge in [-0.2, -0.15) is 4.31 Å². The van der Waals surface area contributed by atoms with Crippen molar-refractivity contribution in [1.29, 1.82) is 0 Å². The van der Waals surface area contributed by atoms with E-state index in [1.807, 2.05) is 32.0 Å². The Kier molecular flexibility index (Phi) is 6.95. The van der Waals surface area contributed by atoms with Gasteiger partial charge in [0.05, 0.1) is 21.7 Å². The Morgan fingerprint density at radius 1 is 1.16 bits per heavy atom. The van der Waals surface area contributed by atoms with Crippen molar-refractivity contribution in [2.24, 2.45) is 5.92 Å². The molecule has 0 aliphatic carbocycles. The predicted octanol–water partition coefficient (Wildman–Crippen LogP) is 4.03. The topological polar surface area (TPSA) is 109 Å². The van der Waals surface area contributed by atoms with Crippen LogP contribution in [0.15, 0.2) is 41.3 Å². The molecule has 2 aliphatic rings. The van der Waals surface area contributed by atoms with E-state index in [1.54, 1.807) is 23.1 Å². The molecule has 11 heteroatoms. The van der Waals surface area contributed by atoms with E-state index in [2.05, 4.69) is 10.3 Å². The average molecular weight is 543 g/mol. The van der Waals surface area contributed by atoms with Crippen LogP contribution >= 0.6 is 11.3 Å². The van der Waals surface area contributed by atoms with Crippen LogP contribution in [-0.4, -0.2) is 55.3 Å². The third kappa shape index (κ3) is 4.95. The largest absolute Gasteiger partial charge is 0.494 e. The van der Waals surface area contributed by atoms with Gasteiger partial charge in [0, 0.05) is 37.7 Å². The fourth-order valence-corrected chi connectivity index (χ4v) is 7.60. The van der Waals surface area contributed by atoms with Crippen molar-refractivity contribution >= 4 is 54.2 Å². The van der Waals surface area contributed by atoms with Gasteiger partial charge < -0.3 is 15.0 Å². The second kappa shape index (κ2) is 10.0. The van der Waals surface area contributed by atoms with Crippen LogP contribution < -0.4 is 15.0 Å². The van der Waals surface area contributed by atoms with E-state index in [-0.39, 0.29) is 41.8 Å². The number of fused-ring (bicyclic) bond motifs is 2. The van der Waals surface area contributed by atoms with Crippen LogP contribution in [0.25, 0.3) is 10.2 Å². The van der Waals surface area contributed by atoms with Crippen molar-refractivity contribution in [3.63, 3.8) is 0 Å². The van der Waals surface area contributed by atoms with E-state index >= 15 is 0 Å². The first-order valence-corrected chi connectivity index (χ1v) is 14.7. The fourth-order valence-electron chi connectivity index (χ4n) is 5.18. The summed E-state index contributed by atoms with van der Waals surface area (Å²) in [6, 6.07) is 10.6. The molecule has 1 aromatic heterocycles. The van der Waals surface area contributed by atoms with E-state index in [0.717, 1.165) is 27.2 Å². The highest BCUT2D eigenvalue weighted by atomic mass is 32.2. The molecule has 1 fully saturated rings. The number of ether oxygens (including phenoxy) is 1. The molecule has 3 aromatic rings. The number of anilines is 2. The minimum Gasteiger partial charge on any atom is -0.494 e. The van der Waals surface area contributed by atoms with Crippen LogP contribution in [0.4, 0.5) is 10.8 Å². The molecular weight excluding hydrogens is 512 g/mol. The highest BCUT2D eigenvalue weighted by molar-refractivity contribution is 7.89. The quantitative estimate of drug-likeness (QED) is 0.504. The zero-order valence-electron chi connectivity index (χ0n) is 21.1. The van der Waals surface area contributed by atoms with Gasteiger partial charge in [0.25, 0.3) is 0 Å². The van der Waals surface area contributed by atoms with E-state index in [4.69, 9.17) is 4.74 Å². The van der Waals surface area contributed by atoms with Gasteiger partial charge in [-0.05, 0) is 75.1 Å². The lowest BCUT2D eigenvalue weighted by Crippen LogP contribution is -2.41. The first kappa shape index (κ1) is 25.6. The molecule has 0 spiro atoms. The number of rotatable bonds is 6. The summed E-state index contributed by atoms with van der Waals surface area (Å²) in [5.41, 5.74) is 2.43. The SMILES string of the molecule is CCOc1ccc2nc(NC(=O)C3CCN(S(=O)(=O)c4ccc5c(c4)C[C@@H](C)N5C(C)=O)CC3)sc2c1. The maximum absolute atomic E-state index is 13.4. The molecule has 1 atom stereocenters. The first-order chi connectivity index (χ1) is 17.7. The van der Waals surface area contributed by atoms with Crippen LogP contribution in [0.1, 0.15) is 39.2 Å². The molecule has 2 aliphatic heterocycles. The van der Waals surface area contributed by atoms with Gasteiger partial charge in [0.2, 0.25) is 21.8 Å². The Labute approximate surface area is 220 Å². The number of amides is 2. The standard InChI is InChI=1S/C26H30N4O5S2/c1-4-35-20-5-7-22-24(15-20)36-26(27-22)28-25(32)18-9-11-29(12-10-18)37(33,34)21-6-8-23-19(14-21)13-16(2)30(23)17(3)31/h5-8,14-16,18H,4,9-13H2,1-3H3,(H,27,28,32)/t16-/m1/s1. The van der Waals surface area contributed by atoms with Crippen LogP contribution in [0.3, 0.4) is 0 Å². The molecule has 2 amide bonds. The molecule has 9 nitrogen and oxygen atoms in total. The van der Waals surface area contributed by atoms with Crippen LogP contribution in [0, 0.1) is 5.92 Å². The summed E-state index contributed by atoms with van der Waals surface area (Å²) in [6.07, 6.45) is 1.49.